The smallest absolute Gasteiger partial charge is 0.325 e. The highest BCUT2D eigenvalue weighted by molar-refractivity contribution is 5.76. The third kappa shape index (κ3) is 4.43. The summed E-state index contributed by atoms with van der Waals surface area (Å²) in [4.78, 5) is 29.6. The molecule has 1 saturated heterocycles. The number of hydrogen-bond acceptors (Lipinski definition) is 4. The molecule has 1 aliphatic heterocycles. The van der Waals surface area contributed by atoms with E-state index in [2.05, 4.69) is 10.1 Å². The first-order valence-electron chi connectivity index (χ1n) is 8.54. The predicted molar refractivity (Wildman–Crippen MR) is 91.0 cm³/mol. The van der Waals surface area contributed by atoms with Crippen LogP contribution >= 0.6 is 0 Å². The second-order valence-corrected chi connectivity index (χ2v) is 6.31. The van der Waals surface area contributed by atoms with E-state index in [4.69, 9.17) is 5.11 Å². The van der Waals surface area contributed by atoms with E-state index < -0.39 is 5.97 Å². The molecule has 0 aromatic carbocycles. The van der Waals surface area contributed by atoms with Gasteiger partial charge < -0.3 is 10.0 Å². The summed E-state index contributed by atoms with van der Waals surface area (Å²) >= 11 is 0. The second kappa shape index (κ2) is 7.92. The first-order valence-corrected chi connectivity index (χ1v) is 8.54. The third-order valence-electron chi connectivity index (χ3n) is 4.55. The normalized spacial score (nSPS) is 17.4. The van der Waals surface area contributed by atoms with Gasteiger partial charge in [-0.3, -0.25) is 19.3 Å². The number of aryl methyl sites for hydroxylation is 1. The van der Waals surface area contributed by atoms with E-state index in [1.165, 1.54) is 4.68 Å². The minimum Gasteiger partial charge on any atom is -0.480 e. The van der Waals surface area contributed by atoms with Gasteiger partial charge in [0, 0.05) is 49.2 Å². The Morgan fingerprint density at radius 2 is 2.12 bits per heavy atom. The monoisotopic (exact) mass is 342 g/mol. The summed E-state index contributed by atoms with van der Waals surface area (Å²) in [5.74, 6) is -0.655. The van der Waals surface area contributed by atoms with Crippen LogP contribution < -0.4 is 0 Å². The molecule has 2 aromatic heterocycles. The van der Waals surface area contributed by atoms with E-state index in [1.807, 2.05) is 29.2 Å². The van der Waals surface area contributed by atoms with Crippen molar-refractivity contribution in [3.8, 4) is 0 Å². The van der Waals surface area contributed by atoms with Crippen molar-refractivity contribution in [3.05, 3.63) is 48.0 Å². The van der Waals surface area contributed by atoms with Gasteiger partial charge in [0.25, 0.3) is 0 Å². The first-order chi connectivity index (χ1) is 12.1. The molecule has 0 spiro atoms. The summed E-state index contributed by atoms with van der Waals surface area (Å²) in [6, 6.07) is 7.57. The van der Waals surface area contributed by atoms with Gasteiger partial charge in [0.15, 0.2) is 0 Å². The Kier molecular flexibility index (Phi) is 5.42. The summed E-state index contributed by atoms with van der Waals surface area (Å²) in [5.41, 5.74) is 1.81. The highest BCUT2D eigenvalue weighted by Gasteiger charge is 2.27. The molecule has 0 aliphatic carbocycles. The Labute approximate surface area is 146 Å². The predicted octanol–water partition coefficient (Wildman–Crippen LogP) is 1.70. The maximum absolute atomic E-state index is 12.5. The molecule has 1 fully saturated rings. The standard InChI is InChI=1S/C18H22N4O3/c23-17(7-6-15-5-1-2-9-19-15)21-11-3-4-14(12-21)16-8-10-20-22(16)13-18(24)25/h1-2,5,8-10,14H,3-4,6-7,11-13H2,(H,24,25). The molecule has 1 atom stereocenters. The molecule has 1 amide bonds. The van der Waals surface area contributed by atoms with E-state index >= 15 is 0 Å². The van der Waals surface area contributed by atoms with Crippen molar-refractivity contribution in [2.24, 2.45) is 0 Å². The Morgan fingerprint density at radius 3 is 2.88 bits per heavy atom. The third-order valence-corrected chi connectivity index (χ3v) is 4.55. The number of carboxylic acids is 1. The van der Waals surface area contributed by atoms with Crippen LogP contribution in [0, 0.1) is 0 Å². The fraction of sp³-hybridized carbons (Fsp3) is 0.444. The average molecular weight is 342 g/mol. The van der Waals surface area contributed by atoms with Gasteiger partial charge in [0.2, 0.25) is 5.91 Å². The zero-order valence-electron chi connectivity index (χ0n) is 14.0. The van der Waals surface area contributed by atoms with E-state index in [9.17, 15) is 9.59 Å². The summed E-state index contributed by atoms with van der Waals surface area (Å²) in [5, 5.41) is 13.1. The zero-order chi connectivity index (χ0) is 17.6. The van der Waals surface area contributed by atoms with Gasteiger partial charge >= 0.3 is 5.97 Å². The zero-order valence-corrected chi connectivity index (χ0v) is 14.0. The summed E-state index contributed by atoms with van der Waals surface area (Å²) < 4.78 is 1.52. The van der Waals surface area contributed by atoms with Crippen LogP contribution in [0.25, 0.3) is 0 Å². The van der Waals surface area contributed by atoms with Crippen LogP contribution in [0.4, 0.5) is 0 Å². The summed E-state index contributed by atoms with van der Waals surface area (Å²) in [7, 11) is 0. The molecular formula is C18H22N4O3. The molecule has 7 heteroatoms. The van der Waals surface area contributed by atoms with Crippen molar-refractivity contribution >= 4 is 11.9 Å². The van der Waals surface area contributed by atoms with Crippen molar-refractivity contribution < 1.29 is 14.7 Å². The number of carboxylic acid groups (broad SMARTS) is 1. The highest BCUT2D eigenvalue weighted by Crippen LogP contribution is 2.27. The summed E-state index contributed by atoms with van der Waals surface area (Å²) in [6.45, 7) is 1.23. The van der Waals surface area contributed by atoms with Crippen molar-refractivity contribution in [2.75, 3.05) is 13.1 Å². The number of pyridine rings is 1. The number of carbonyl (C=O) groups excluding carboxylic acids is 1. The van der Waals surface area contributed by atoms with Gasteiger partial charge in [0.1, 0.15) is 6.54 Å². The number of rotatable bonds is 6. The van der Waals surface area contributed by atoms with E-state index in [0.29, 0.717) is 19.4 Å². The summed E-state index contributed by atoms with van der Waals surface area (Å²) in [6.07, 6.45) is 6.30. The van der Waals surface area contributed by atoms with Gasteiger partial charge in [-0.25, -0.2) is 0 Å². The lowest BCUT2D eigenvalue weighted by molar-refractivity contribution is -0.138. The molecule has 1 N–H and O–H groups in total. The molecule has 0 saturated carbocycles. The van der Waals surface area contributed by atoms with Crippen molar-refractivity contribution in [1.82, 2.24) is 19.7 Å². The maximum atomic E-state index is 12.5. The molecule has 25 heavy (non-hydrogen) atoms. The molecular weight excluding hydrogens is 320 g/mol. The number of nitrogens with zero attached hydrogens (tertiary/aromatic N) is 4. The first kappa shape index (κ1) is 17.1. The Hall–Kier alpha value is -2.70. The van der Waals surface area contributed by atoms with Gasteiger partial charge in [-0.2, -0.15) is 5.10 Å². The SMILES string of the molecule is O=C(O)Cn1nccc1C1CCCN(C(=O)CCc2ccccn2)C1. The number of hydrogen-bond donors (Lipinski definition) is 1. The number of carbonyl (C=O) groups is 2. The minimum absolute atomic E-state index is 0.125. The van der Waals surface area contributed by atoms with Gasteiger partial charge in [0.05, 0.1) is 0 Å². The van der Waals surface area contributed by atoms with E-state index in [-0.39, 0.29) is 18.4 Å². The van der Waals surface area contributed by atoms with E-state index in [1.54, 1.807) is 12.4 Å². The lowest BCUT2D eigenvalue weighted by atomic mass is 9.94. The van der Waals surface area contributed by atoms with Crippen molar-refractivity contribution in [1.29, 1.82) is 0 Å². The van der Waals surface area contributed by atoms with Crippen LogP contribution in [-0.2, 0) is 22.6 Å². The molecule has 1 aliphatic rings. The average Bonchev–Trinajstić information content (AvgIpc) is 3.08. The largest absolute Gasteiger partial charge is 0.480 e. The quantitative estimate of drug-likeness (QED) is 0.863. The Morgan fingerprint density at radius 1 is 1.24 bits per heavy atom. The molecule has 1 unspecified atom stereocenters. The molecule has 2 aromatic rings. The molecule has 0 radical (unpaired) electrons. The molecule has 3 rings (SSSR count). The van der Waals surface area contributed by atoms with Crippen molar-refractivity contribution in [2.45, 2.75) is 38.1 Å². The number of aromatic nitrogens is 3. The molecule has 3 heterocycles. The maximum Gasteiger partial charge on any atom is 0.325 e. The van der Waals surface area contributed by atoms with Crippen LogP contribution in [0.3, 0.4) is 0 Å². The van der Waals surface area contributed by atoms with Gasteiger partial charge in [-0.1, -0.05) is 6.07 Å². The fourth-order valence-electron chi connectivity index (χ4n) is 3.33. The number of likely N-dealkylation sites (tertiary alicyclic amines) is 1. The second-order valence-electron chi connectivity index (χ2n) is 6.31. The van der Waals surface area contributed by atoms with Crippen LogP contribution in [0.1, 0.15) is 36.6 Å². The molecule has 132 valence electrons. The van der Waals surface area contributed by atoms with Crippen LogP contribution in [0.5, 0.6) is 0 Å². The fourth-order valence-corrected chi connectivity index (χ4v) is 3.33. The number of amides is 1. The lowest BCUT2D eigenvalue weighted by Gasteiger charge is -2.33. The van der Waals surface area contributed by atoms with Crippen molar-refractivity contribution in [3.63, 3.8) is 0 Å². The van der Waals surface area contributed by atoms with Crippen LogP contribution in [0.15, 0.2) is 36.7 Å². The highest BCUT2D eigenvalue weighted by atomic mass is 16.4. The topological polar surface area (TPSA) is 88.3 Å². The van der Waals surface area contributed by atoms with E-state index in [0.717, 1.165) is 30.8 Å². The minimum atomic E-state index is -0.913. The molecule has 7 nitrogen and oxygen atoms in total. The Balaban J connectivity index is 1.60. The van der Waals surface area contributed by atoms with Crippen LogP contribution in [-0.4, -0.2) is 49.7 Å². The molecule has 0 bridgehead atoms. The number of piperidine rings is 1. The lowest BCUT2D eigenvalue weighted by Crippen LogP contribution is -2.39. The van der Waals surface area contributed by atoms with Crippen LogP contribution in [0.2, 0.25) is 0 Å². The van der Waals surface area contributed by atoms with Gasteiger partial charge in [-0.15, -0.1) is 0 Å². The number of aliphatic carboxylic acids is 1. The Bertz CT molecular complexity index is 729. The van der Waals surface area contributed by atoms with Gasteiger partial charge in [-0.05, 0) is 37.5 Å².